The van der Waals surface area contributed by atoms with E-state index in [1.165, 1.54) is 0 Å². The van der Waals surface area contributed by atoms with Crippen LogP contribution >= 0.6 is 0 Å². The summed E-state index contributed by atoms with van der Waals surface area (Å²) in [5.41, 5.74) is 1.29. The summed E-state index contributed by atoms with van der Waals surface area (Å²) in [4.78, 5) is 24.5. The summed E-state index contributed by atoms with van der Waals surface area (Å²) < 4.78 is 21.5. The van der Waals surface area contributed by atoms with Gasteiger partial charge in [0.25, 0.3) is 5.91 Å². The molecule has 2 aromatic carbocycles. The zero-order valence-corrected chi connectivity index (χ0v) is 15.3. The van der Waals surface area contributed by atoms with Gasteiger partial charge in [0.15, 0.2) is 23.0 Å². The normalized spacial score (nSPS) is 14.9. The second-order valence-corrected chi connectivity index (χ2v) is 6.44. The Morgan fingerprint density at radius 1 is 0.929 bits per heavy atom. The fraction of sp³-hybridized carbons (Fsp3) is 0.300. The van der Waals surface area contributed by atoms with E-state index in [2.05, 4.69) is 10.6 Å². The molecule has 2 heterocycles. The van der Waals surface area contributed by atoms with E-state index in [-0.39, 0.29) is 31.2 Å². The first-order chi connectivity index (χ1) is 13.6. The van der Waals surface area contributed by atoms with Gasteiger partial charge in [0.1, 0.15) is 13.2 Å². The van der Waals surface area contributed by atoms with Crippen molar-refractivity contribution in [2.45, 2.75) is 13.0 Å². The van der Waals surface area contributed by atoms with Crippen molar-refractivity contribution in [3.8, 4) is 23.0 Å². The molecule has 8 nitrogen and oxygen atoms in total. The maximum Gasteiger partial charge on any atom is 0.251 e. The average Bonchev–Trinajstić information content (AvgIpc) is 3.19. The lowest BCUT2D eigenvalue weighted by Gasteiger charge is -2.21. The minimum Gasteiger partial charge on any atom is -0.486 e. The maximum absolute atomic E-state index is 12.2. The molecule has 0 spiro atoms. The molecule has 28 heavy (non-hydrogen) atoms. The number of hydrogen-bond donors (Lipinski definition) is 2. The van der Waals surface area contributed by atoms with E-state index in [9.17, 15) is 9.59 Å². The van der Waals surface area contributed by atoms with Crippen molar-refractivity contribution in [1.29, 1.82) is 0 Å². The van der Waals surface area contributed by atoms with Crippen molar-refractivity contribution in [3.63, 3.8) is 0 Å². The summed E-state index contributed by atoms with van der Waals surface area (Å²) in [6.45, 7) is 2.90. The molecule has 2 N–H and O–H groups in total. The summed E-state index contributed by atoms with van der Waals surface area (Å²) in [5.74, 6) is 1.83. The van der Waals surface area contributed by atoms with Crippen LogP contribution in [-0.4, -0.2) is 38.4 Å². The van der Waals surface area contributed by atoms with Gasteiger partial charge in [-0.2, -0.15) is 0 Å². The van der Waals surface area contributed by atoms with Gasteiger partial charge in [-0.15, -0.1) is 0 Å². The number of benzene rings is 2. The molecule has 0 fully saturated rings. The van der Waals surface area contributed by atoms with Gasteiger partial charge in [0.05, 0.1) is 12.6 Å². The summed E-state index contributed by atoms with van der Waals surface area (Å²) in [5, 5.41) is 5.46. The van der Waals surface area contributed by atoms with Gasteiger partial charge < -0.3 is 29.6 Å². The van der Waals surface area contributed by atoms with Gasteiger partial charge >= 0.3 is 0 Å². The molecule has 2 amide bonds. The fourth-order valence-corrected chi connectivity index (χ4v) is 3.01. The largest absolute Gasteiger partial charge is 0.486 e. The van der Waals surface area contributed by atoms with E-state index in [1.807, 2.05) is 25.1 Å². The molecule has 0 saturated heterocycles. The third-order valence-electron chi connectivity index (χ3n) is 4.49. The van der Waals surface area contributed by atoms with E-state index >= 15 is 0 Å². The Labute approximate surface area is 161 Å². The van der Waals surface area contributed by atoms with Crippen molar-refractivity contribution in [2.75, 3.05) is 26.6 Å². The van der Waals surface area contributed by atoms with Gasteiger partial charge in [-0.3, -0.25) is 9.59 Å². The second-order valence-electron chi connectivity index (χ2n) is 6.44. The second kappa shape index (κ2) is 7.67. The zero-order valence-electron chi connectivity index (χ0n) is 15.3. The lowest BCUT2D eigenvalue weighted by atomic mass is 10.1. The van der Waals surface area contributed by atoms with Gasteiger partial charge in [0.2, 0.25) is 12.7 Å². The predicted molar refractivity (Wildman–Crippen MR) is 98.9 cm³/mol. The molecule has 0 saturated carbocycles. The molecule has 2 aromatic rings. The third kappa shape index (κ3) is 3.80. The number of carbonyl (C=O) groups is 2. The minimum atomic E-state index is -0.361. The maximum atomic E-state index is 12.2. The molecule has 0 aromatic heterocycles. The number of amides is 2. The molecular formula is C20H20N2O6. The predicted octanol–water partition coefficient (Wildman–Crippen LogP) is 1.79. The highest BCUT2D eigenvalue weighted by Crippen LogP contribution is 2.33. The minimum absolute atomic E-state index is 0.137. The summed E-state index contributed by atoms with van der Waals surface area (Å²) >= 11 is 0. The lowest BCUT2D eigenvalue weighted by Crippen LogP contribution is -2.38. The van der Waals surface area contributed by atoms with Crippen molar-refractivity contribution < 1.29 is 28.5 Å². The number of hydrogen-bond acceptors (Lipinski definition) is 6. The Balaban J connectivity index is 1.31. The van der Waals surface area contributed by atoms with Crippen LogP contribution in [0.15, 0.2) is 36.4 Å². The molecule has 8 heteroatoms. The van der Waals surface area contributed by atoms with Crippen LogP contribution in [0.5, 0.6) is 23.0 Å². The molecule has 146 valence electrons. The van der Waals surface area contributed by atoms with Crippen LogP contribution in [0, 0.1) is 0 Å². The average molecular weight is 384 g/mol. The first kappa shape index (κ1) is 18.0. The van der Waals surface area contributed by atoms with Crippen molar-refractivity contribution in [2.24, 2.45) is 0 Å². The van der Waals surface area contributed by atoms with E-state index in [0.717, 1.165) is 5.56 Å². The van der Waals surface area contributed by atoms with E-state index < -0.39 is 0 Å². The quantitative estimate of drug-likeness (QED) is 0.816. The third-order valence-corrected chi connectivity index (χ3v) is 4.49. The van der Waals surface area contributed by atoms with Crippen LogP contribution < -0.4 is 29.6 Å². The SMILES string of the molecule is C[C@H](NC(=O)CNC(=O)c1ccc2c(c1)OCO2)c1ccc2c(c1)OCCO2. The summed E-state index contributed by atoms with van der Waals surface area (Å²) in [6, 6.07) is 10.2. The van der Waals surface area contributed by atoms with Crippen molar-refractivity contribution >= 4 is 11.8 Å². The number of fused-ring (bicyclic) bond motifs is 2. The number of ether oxygens (including phenoxy) is 4. The van der Waals surface area contributed by atoms with Crippen LogP contribution in [0.25, 0.3) is 0 Å². The van der Waals surface area contributed by atoms with Crippen LogP contribution in [0.2, 0.25) is 0 Å². The number of rotatable bonds is 5. The first-order valence-corrected chi connectivity index (χ1v) is 8.97. The van der Waals surface area contributed by atoms with E-state index in [0.29, 0.717) is 41.8 Å². The lowest BCUT2D eigenvalue weighted by molar-refractivity contribution is -0.120. The molecule has 0 radical (unpaired) electrons. The Bertz CT molecular complexity index is 914. The standard InChI is InChI=1S/C20H20N2O6/c1-12(13-2-4-15-17(8-13)26-7-6-25-15)22-19(23)10-21-20(24)14-3-5-16-18(9-14)28-11-27-16/h2-5,8-9,12H,6-7,10-11H2,1H3,(H,21,24)(H,22,23)/t12-/m0/s1. The van der Waals surface area contributed by atoms with E-state index in [4.69, 9.17) is 18.9 Å². The Morgan fingerprint density at radius 3 is 2.46 bits per heavy atom. The van der Waals surface area contributed by atoms with Crippen molar-refractivity contribution in [1.82, 2.24) is 10.6 Å². The number of carbonyl (C=O) groups excluding carboxylic acids is 2. The van der Waals surface area contributed by atoms with Gasteiger partial charge in [0, 0.05) is 5.56 Å². The van der Waals surface area contributed by atoms with Gasteiger partial charge in [-0.25, -0.2) is 0 Å². The molecular weight excluding hydrogens is 364 g/mol. The highest BCUT2D eigenvalue weighted by atomic mass is 16.7. The zero-order chi connectivity index (χ0) is 19.5. The van der Waals surface area contributed by atoms with Crippen LogP contribution in [0.3, 0.4) is 0 Å². The van der Waals surface area contributed by atoms with E-state index in [1.54, 1.807) is 18.2 Å². The molecule has 2 aliphatic rings. The summed E-state index contributed by atoms with van der Waals surface area (Å²) in [6.07, 6.45) is 0. The number of nitrogens with one attached hydrogen (secondary N) is 2. The Morgan fingerprint density at radius 2 is 1.61 bits per heavy atom. The van der Waals surface area contributed by atoms with Crippen LogP contribution in [-0.2, 0) is 4.79 Å². The summed E-state index contributed by atoms with van der Waals surface area (Å²) in [7, 11) is 0. The molecule has 2 aliphatic heterocycles. The highest BCUT2D eigenvalue weighted by molar-refractivity contribution is 5.97. The van der Waals surface area contributed by atoms with Gasteiger partial charge in [-0.1, -0.05) is 6.07 Å². The topological polar surface area (TPSA) is 95.1 Å². The fourth-order valence-electron chi connectivity index (χ4n) is 3.01. The molecule has 0 unspecified atom stereocenters. The Kier molecular flexibility index (Phi) is 4.92. The van der Waals surface area contributed by atoms with Crippen molar-refractivity contribution in [3.05, 3.63) is 47.5 Å². The first-order valence-electron chi connectivity index (χ1n) is 8.97. The molecule has 4 rings (SSSR count). The monoisotopic (exact) mass is 384 g/mol. The smallest absolute Gasteiger partial charge is 0.251 e. The van der Waals surface area contributed by atoms with Crippen LogP contribution in [0.4, 0.5) is 0 Å². The molecule has 1 atom stereocenters. The van der Waals surface area contributed by atoms with Gasteiger partial charge in [-0.05, 0) is 42.8 Å². The molecule has 0 bridgehead atoms. The Hall–Kier alpha value is -3.42. The van der Waals surface area contributed by atoms with Crippen LogP contribution in [0.1, 0.15) is 28.9 Å². The highest BCUT2D eigenvalue weighted by Gasteiger charge is 2.18. The molecule has 0 aliphatic carbocycles.